The summed E-state index contributed by atoms with van der Waals surface area (Å²) in [7, 11) is 0. The van der Waals surface area contributed by atoms with Crippen molar-refractivity contribution in [2.24, 2.45) is 5.73 Å². The van der Waals surface area contributed by atoms with E-state index in [9.17, 15) is 0 Å². The molecule has 0 aliphatic rings. The highest BCUT2D eigenvalue weighted by molar-refractivity contribution is 9.10. The molecule has 4 nitrogen and oxygen atoms in total. The van der Waals surface area contributed by atoms with E-state index in [0.717, 1.165) is 15.8 Å². The molecule has 0 amide bonds. The van der Waals surface area contributed by atoms with E-state index in [2.05, 4.69) is 21.1 Å². The minimum Gasteiger partial charge on any atom is -0.485 e. The van der Waals surface area contributed by atoms with Crippen LogP contribution in [0.15, 0.2) is 39.5 Å². The molecule has 1 heterocycles. The summed E-state index contributed by atoms with van der Waals surface area (Å²) in [5.41, 5.74) is 6.85. The van der Waals surface area contributed by atoms with Crippen LogP contribution in [0, 0.1) is 0 Å². The fourth-order valence-corrected chi connectivity index (χ4v) is 1.81. The first-order chi connectivity index (χ1) is 8.16. The van der Waals surface area contributed by atoms with Gasteiger partial charge in [0.2, 0.25) is 0 Å². The Labute approximate surface area is 108 Å². The van der Waals surface area contributed by atoms with Crippen molar-refractivity contribution in [3.8, 4) is 5.75 Å². The highest BCUT2D eigenvalue weighted by Crippen LogP contribution is 2.28. The highest BCUT2D eigenvalue weighted by atomic mass is 79.9. The van der Waals surface area contributed by atoms with Crippen molar-refractivity contribution in [1.82, 2.24) is 5.16 Å². The van der Waals surface area contributed by atoms with E-state index in [1.165, 1.54) is 0 Å². The van der Waals surface area contributed by atoms with Crippen molar-refractivity contribution < 1.29 is 9.26 Å². The van der Waals surface area contributed by atoms with Crippen LogP contribution >= 0.6 is 15.9 Å². The molecule has 17 heavy (non-hydrogen) atoms. The summed E-state index contributed by atoms with van der Waals surface area (Å²) in [5, 5.41) is 3.62. The molecule has 2 rings (SSSR count). The summed E-state index contributed by atoms with van der Waals surface area (Å²) in [4.78, 5) is 0. The average Bonchev–Trinajstić information content (AvgIpc) is 2.78. The topological polar surface area (TPSA) is 61.3 Å². The van der Waals surface area contributed by atoms with Gasteiger partial charge in [0.15, 0.2) is 5.76 Å². The number of ether oxygens (including phenoxy) is 1. The van der Waals surface area contributed by atoms with Crippen LogP contribution in [-0.2, 0) is 6.61 Å². The lowest BCUT2D eigenvalue weighted by Crippen LogP contribution is -2.08. The predicted octanol–water partition coefficient (Wildman–Crippen LogP) is 3.04. The van der Waals surface area contributed by atoms with E-state index >= 15 is 0 Å². The second-order valence-corrected chi connectivity index (χ2v) is 4.65. The summed E-state index contributed by atoms with van der Waals surface area (Å²) in [6, 6.07) is 7.48. The lowest BCUT2D eigenvalue weighted by atomic mass is 10.1. The van der Waals surface area contributed by atoms with Crippen LogP contribution in [0.2, 0.25) is 0 Å². The molecular weight excluding hydrogens is 284 g/mol. The van der Waals surface area contributed by atoms with Crippen LogP contribution in [0.4, 0.5) is 0 Å². The van der Waals surface area contributed by atoms with E-state index < -0.39 is 0 Å². The maximum Gasteiger partial charge on any atom is 0.174 e. The van der Waals surface area contributed by atoms with Crippen molar-refractivity contribution in [3.05, 3.63) is 46.3 Å². The Bertz CT molecular complexity index is 483. The number of hydrogen-bond donors (Lipinski definition) is 1. The zero-order chi connectivity index (χ0) is 12.3. The smallest absolute Gasteiger partial charge is 0.174 e. The number of hydrogen-bond acceptors (Lipinski definition) is 4. The van der Waals surface area contributed by atoms with E-state index in [0.29, 0.717) is 12.4 Å². The normalized spacial score (nSPS) is 12.4. The molecule has 1 unspecified atom stereocenters. The van der Waals surface area contributed by atoms with Gasteiger partial charge in [-0.05, 0) is 19.1 Å². The van der Waals surface area contributed by atoms with E-state index in [1.54, 1.807) is 12.3 Å². The Hall–Kier alpha value is -1.33. The van der Waals surface area contributed by atoms with Gasteiger partial charge < -0.3 is 15.0 Å². The molecule has 0 fully saturated rings. The van der Waals surface area contributed by atoms with Gasteiger partial charge in [0, 0.05) is 22.1 Å². The summed E-state index contributed by atoms with van der Waals surface area (Å²) < 4.78 is 11.6. The first kappa shape index (κ1) is 12.1. The van der Waals surface area contributed by atoms with Crippen LogP contribution in [0.5, 0.6) is 5.75 Å². The summed E-state index contributed by atoms with van der Waals surface area (Å²) in [5.74, 6) is 1.44. The van der Waals surface area contributed by atoms with Crippen LogP contribution in [-0.4, -0.2) is 5.16 Å². The molecule has 0 spiro atoms. The zero-order valence-corrected chi connectivity index (χ0v) is 11.0. The van der Waals surface area contributed by atoms with Gasteiger partial charge in [0.05, 0.1) is 6.20 Å². The first-order valence-corrected chi connectivity index (χ1v) is 6.03. The molecule has 1 aromatic heterocycles. The minimum atomic E-state index is -0.0761. The first-order valence-electron chi connectivity index (χ1n) is 5.24. The van der Waals surface area contributed by atoms with E-state index in [1.807, 2.05) is 25.1 Å². The van der Waals surface area contributed by atoms with Gasteiger partial charge in [0.1, 0.15) is 12.4 Å². The fraction of sp³-hybridized carbons (Fsp3) is 0.250. The highest BCUT2D eigenvalue weighted by Gasteiger charge is 2.09. The van der Waals surface area contributed by atoms with E-state index in [4.69, 9.17) is 15.0 Å². The lowest BCUT2D eigenvalue weighted by molar-refractivity contribution is 0.246. The third kappa shape index (κ3) is 3.08. The molecule has 1 aromatic carbocycles. The molecule has 0 saturated heterocycles. The molecule has 90 valence electrons. The van der Waals surface area contributed by atoms with Gasteiger partial charge in [-0.15, -0.1) is 0 Å². The van der Waals surface area contributed by atoms with Crippen LogP contribution < -0.4 is 10.5 Å². The molecule has 0 bridgehead atoms. The number of nitrogens with zero attached hydrogens (tertiary/aromatic N) is 1. The number of nitrogens with two attached hydrogens (primary N) is 1. The molecule has 0 radical (unpaired) electrons. The number of aromatic nitrogens is 1. The van der Waals surface area contributed by atoms with E-state index in [-0.39, 0.29) is 6.04 Å². The molecular formula is C12H13BrN2O2. The molecule has 5 heteroatoms. The fourth-order valence-electron chi connectivity index (χ4n) is 1.47. The Morgan fingerprint density at radius 1 is 1.47 bits per heavy atom. The largest absolute Gasteiger partial charge is 0.485 e. The standard InChI is InChI=1S/C12H13BrN2O2/c1-8(14)11-3-2-9(13)6-12(11)16-7-10-4-5-15-17-10/h2-6,8H,7,14H2,1H3. The predicted molar refractivity (Wildman–Crippen MR) is 67.6 cm³/mol. The quantitative estimate of drug-likeness (QED) is 0.942. The number of benzene rings is 1. The zero-order valence-electron chi connectivity index (χ0n) is 9.39. The van der Waals surface area contributed by atoms with Gasteiger partial charge in [-0.1, -0.05) is 27.2 Å². The molecule has 0 saturated carbocycles. The minimum absolute atomic E-state index is 0.0761. The lowest BCUT2D eigenvalue weighted by Gasteiger charge is -2.13. The second kappa shape index (κ2) is 5.33. The van der Waals surface area contributed by atoms with Crippen molar-refractivity contribution >= 4 is 15.9 Å². The number of rotatable bonds is 4. The Kier molecular flexibility index (Phi) is 3.81. The van der Waals surface area contributed by atoms with Gasteiger partial charge in [-0.2, -0.15) is 0 Å². The summed E-state index contributed by atoms with van der Waals surface area (Å²) in [6.45, 7) is 2.26. The SMILES string of the molecule is CC(N)c1ccc(Br)cc1OCc1ccno1. The molecule has 2 N–H and O–H groups in total. The van der Waals surface area contributed by atoms with Gasteiger partial charge in [-0.25, -0.2) is 0 Å². The maximum atomic E-state index is 5.88. The maximum absolute atomic E-state index is 5.88. The van der Waals surface area contributed by atoms with Crippen molar-refractivity contribution in [1.29, 1.82) is 0 Å². The molecule has 0 aliphatic heterocycles. The molecule has 1 atom stereocenters. The van der Waals surface area contributed by atoms with Crippen molar-refractivity contribution in [2.45, 2.75) is 19.6 Å². The van der Waals surface area contributed by atoms with Crippen LogP contribution in [0.1, 0.15) is 24.3 Å². The monoisotopic (exact) mass is 296 g/mol. The molecule has 2 aromatic rings. The summed E-state index contributed by atoms with van der Waals surface area (Å²) >= 11 is 3.41. The Morgan fingerprint density at radius 2 is 2.29 bits per heavy atom. The van der Waals surface area contributed by atoms with Crippen LogP contribution in [0.25, 0.3) is 0 Å². The van der Waals surface area contributed by atoms with Crippen molar-refractivity contribution in [3.63, 3.8) is 0 Å². The Balaban J connectivity index is 2.16. The molecule has 0 aliphatic carbocycles. The van der Waals surface area contributed by atoms with Gasteiger partial charge in [-0.3, -0.25) is 0 Å². The van der Waals surface area contributed by atoms with Gasteiger partial charge >= 0.3 is 0 Å². The number of halogens is 1. The third-order valence-electron chi connectivity index (χ3n) is 2.33. The average molecular weight is 297 g/mol. The summed E-state index contributed by atoms with van der Waals surface area (Å²) in [6.07, 6.45) is 1.59. The second-order valence-electron chi connectivity index (χ2n) is 3.74. The Morgan fingerprint density at radius 3 is 2.94 bits per heavy atom. The van der Waals surface area contributed by atoms with Crippen LogP contribution in [0.3, 0.4) is 0 Å². The van der Waals surface area contributed by atoms with Crippen molar-refractivity contribution in [2.75, 3.05) is 0 Å². The van der Waals surface area contributed by atoms with Gasteiger partial charge in [0.25, 0.3) is 0 Å². The third-order valence-corrected chi connectivity index (χ3v) is 2.82.